The summed E-state index contributed by atoms with van der Waals surface area (Å²) in [5.41, 5.74) is 0. The summed E-state index contributed by atoms with van der Waals surface area (Å²) < 4.78 is 5.92. The van der Waals surface area contributed by atoms with Crippen molar-refractivity contribution in [1.82, 2.24) is 5.32 Å². The van der Waals surface area contributed by atoms with Crippen LogP contribution in [-0.4, -0.2) is 46.9 Å². The average Bonchev–Trinajstić information content (AvgIpc) is 3.28. The third-order valence-electron chi connectivity index (χ3n) is 11.6. The van der Waals surface area contributed by atoms with Crippen LogP contribution in [0.5, 0.6) is 0 Å². The summed E-state index contributed by atoms with van der Waals surface area (Å²) >= 11 is 0. The third kappa shape index (κ3) is 45.4. The van der Waals surface area contributed by atoms with Crippen LogP contribution < -0.4 is 5.32 Å². The Bertz CT molecular complexity index is 1210. The summed E-state index contributed by atoms with van der Waals surface area (Å²) in [5, 5.41) is 23.7. The van der Waals surface area contributed by atoms with Crippen molar-refractivity contribution in [3.8, 4) is 0 Å². The molecule has 6 heteroatoms. The number of hydrogen-bond acceptors (Lipinski definition) is 5. The van der Waals surface area contributed by atoms with E-state index in [4.69, 9.17) is 4.74 Å². The van der Waals surface area contributed by atoms with Gasteiger partial charge in [-0.05, 0) is 77.0 Å². The monoisotopic (exact) mass is 878 g/mol. The summed E-state index contributed by atoms with van der Waals surface area (Å²) in [4.78, 5) is 26.2. The van der Waals surface area contributed by atoms with E-state index in [-0.39, 0.29) is 24.9 Å². The van der Waals surface area contributed by atoms with Crippen LogP contribution in [0.15, 0.2) is 85.1 Å². The smallest absolute Gasteiger partial charge is 0.306 e. The van der Waals surface area contributed by atoms with Crippen molar-refractivity contribution in [3.05, 3.63) is 85.1 Å². The van der Waals surface area contributed by atoms with E-state index in [0.29, 0.717) is 19.3 Å². The fourth-order valence-electron chi connectivity index (χ4n) is 7.55. The number of hydrogen-bond donors (Lipinski definition) is 3. The largest absolute Gasteiger partial charge is 0.462 e. The van der Waals surface area contributed by atoms with Crippen molar-refractivity contribution in [3.63, 3.8) is 0 Å². The van der Waals surface area contributed by atoms with Gasteiger partial charge in [0.2, 0.25) is 5.91 Å². The third-order valence-corrected chi connectivity index (χ3v) is 11.6. The molecule has 0 rings (SSSR count). The van der Waals surface area contributed by atoms with Gasteiger partial charge in [0.05, 0.1) is 25.2 Å². The molecule has 0 aromatic carbocycles. The highest BCUT2D eigenvalue weighted by Gasteiger charge is 2.24. The Balaban J connectivity index is 4.70. The SMILES string of the molecule is CCC/C=C/C=C/C=C/C=C/C=C/CCCCCC(CC(=O)NC(CO)C(O)CCCCCCCCCCCCC)OC(=O)CCCCCCCCC/C=C\C/C=C\CCCCC. The first-order valence-electron chi connectivity index (χ1n) is 26.4. The zero-order valence-electron chi connectivity index (χ0n) is 41.2. The van der Waals surface area contributed by atoms with E-state index in [1.165, 1.54) is 109 Å². The molecule has 0 spiro atoms. The number of amides is 1. The molecule has 0 aliphatic rings. The van der Waals surface area contributed by atoms with E-state index < -0.39 is 18.2 Å². The normalized spacial score (nSPS) is 13.9. The Labute approximate surface area is 389 Å². The van der Waals surface area contributed by atoms with Gasteiger partial charge in [-0.25, -0.2) is 0 Å². The highest BCUT2D eigenvalue weighted by Crippen LogP contribution is 2.17. The van der Waals surface area contributed by atoms with Crippen LogP contribution >= 0.6 is 0 Å². The van der Waals surface area contributed by atoms with Gasteiger partial charge in [0.15, 0.2) is 0 Å². The predicted molar refractivity (Wildman–Crippen MR) is 273 cm³/mol. The molecule has 362 valence electrons. The first-order valence-corrected chi connectivity index (χ1v) is 26.4. The summed E-state index contributed by atoms with van der Waals surface area (Å²) in [6, 6.07) is -0.721. The molecule has 0 aliphatic heterocycles. The summed E-state index contributed by atoms with van der Waals surface area (Å²) in [6.07, 6.45) is 64.9. The van der Waals surface area contributed by atoms with Gasteiger partial charge in [0.25, 0.3) is 0 Å². The molecular weight excluding hydrogens is 779 g/mol. The Kier molecular flexibility index (Phi) is 47.7. The molecule has 0 saturated carbocycles. The molecule has 3 atom stereocenters. The first kappa shape index (κ1) is 60.0. The number of aliphatic hydroxyl groups excluding tert-OH is 2. The van der Waals surface area contributed by atoms with Crippen LogP contribution in [0.2, 0.25) is 0 Å². The number of allylic oxidation sites excluding steroid dienone is 14. The average molecular weight is 878 g/mol. The predicted octanol–water partition coefficient (Wildman–Crippen LogP) is 16.0. The van der Waals surface area contributed by atoms with Crippen LogP contribution in [0.3, 0.4) is 0 Å². The number of rotatable bonds is 46. The lowest BCUT2D eigenvalue weighted by Crippen LogP contribution is -2.46. The van der Waals surface area contributed by atoms with E-state index >= 15 is 0 Å². The van der Waals surface area contributed by atoms with Gasteiger partial charge in [0, 0.05) is 6.42 Å². The molecule has 0 heterocycles. The maximum atomic E-state index is 13.2. The van der Waals surface area contributed by atoms with E-state index in [1.807, 2.05) is 36.5 Å². The number of unbranched alkanes of at least 4 members (excludes halogenated alkanes) is 24. The minimum absolute atomic E-state index is 0.0424. The maximum Gasteiger partial charge on any atom is 0.306 e. The first-order chi connectivity index (χ1) is 31.0. The van der Waals surface area contributed by atoms with Crippen LogP contribution in [-0.2, 0) is 14.3 Å². The molecule has 0 saturated heterocycles. The van der Waals surface area contributed by atoms with E-state index in [2.05, 4.69) is 74.7 Å². The molecule has 0 bridgehead atoms. The van der Waals surface area contributed by atoms with Crippen LogP contribution in [0.25, 0.3) is 0 Å². The van der Waals surface area contributed by atoms with Crippen molar-refractivity contribution in [2.45, 2.75) is 257 Å². The quantitative estimate of drug-likeness (QED) is 0.0245. The molecule has 3 N–H and O–H groups in total. The zero-order valence-corrected chi connectivity index (χ0v) is 41.2. The van der Waals surface area contributed by atoms with E-state index in [0.717, 1.165) is 83.5 Å². The lowest BCUT2D eigenvalue weighted by Gasteiger charge is -2.24. The fourth-order valence-corrected chi connectivity index (χ4v) is 7.55. The number of ether oxygens (including phenoxy) is 1. The number of carbonyl (C=O) groups excluding carboxylic acids is 2. The second kappa shape index (κ2) is 50.0. The van der Waals surface area contributed by atoms with Crippen LogP contribution in [0.1, 0.15) is 239 Å². The number of carbonyl (C=O) groups is 2. The molecule has 0 fully saturated rings. The van der Waals surface area contributed by atoms with Gasteiger partial charge in [-0.2, -0.15) is 0 Å². The second-order valence-corrected chi connectivity index (χ2v) is 17.7. The van der Waals surface area contributed by atoms with E-state index in [9.17, 15) is 19.8 Å². The lowest BCUT2D eigenvalue weighted by molar-refractivity contribution is -0.151. The zero-order chi connectivity index (χ0) is 45.9. The maximum absolute atomic E-state index is 13.2. The number of aliphatic hydroxyl groups is 2. The summed E-state index contributed by atoms with van der Waals surface area (Å²) in [6.45, 7) is 6.35. The van der Waals surface area contributed by atoms with Gasteiger partial charge >= 0.3 is 5.97 Å². The number of nitrogens with one attached hydrogen (secondary N) is 1. The topological polar surface area (TPSA) is 95.9 Å². The highest BCUT2D eigenvalue weighted by atomic mass is 16.5. The van der Waals surface area contributed by atoms with Gasteiger partial charge in [-0.15, -0.1) is 0 Å². The molecular formula is C57H99NO5. The Hall–Kier alpha value is -2.96. The van der Waals surface area contributed by atoms with Gasteiger partial charge in [0.1, 0.15) is 6.10 Å². The molecule has 63 heavy (non-hydrogen) atoms. The minimum atomic E-state index is -0.804. The van der Waals surface area contributed by atoms with Gasteiger partial charge < -0.3 is 20.3 Å². The molecule has 3 unspecified atom stereocenters. The van der Waals surface area contributed by atoms with E-state index in [1.54, 1.807) is 0 Å². The summed E-state index contributed by atoms with van der Waals surface area (Å²) in [5.74, 6) is -0.528. The Morgan fingerprint density at radius 2 is 0.905 bits per heavy atom. The molecule has 0 aromatic rings. The molecule has 0 aromatic heterocycles. The van der Waals surface area contributed by atoms with Gasteiger partial charge in [-0.3, -0.25) is 9.59 Å². The van der Waals surface area contributed by atoms with Crippen molar-refractivity contribution in [2.75, 3.05) is 6.61 Å². The van der Waals surface area contributed by atoms with Gasteiger partial charge in [-0.1, -0.05) is 234 Å². The standard InChI is InChI=1S/C57H99NO5/c1-4-7-10-13-16-19-22-24-26-28-30-32-35-38-41-44-47-50-57(62)63-53(48-45-42-39-36-34-31-29-27-25-23-20-17-14-11-8-5-2)51-56(61)58-54(52-59)55(60)49-46-43-40-37-33-21-18-15-12-9-6-3/h11,14,16-17,19-20,23-27,29,31,34,53-55,59-60H,4-10,12-13,15,18,21-22,28,30,32-33,35-52H2,1-3H3,(H,58,61)/b14-11+,19-16-,20-17+,25-23+,26-24-,29-27+,34-31+. The minimum Gasteiger partial charge on any atom is -0.462 e. The lowest BCUT2D eigenvalue weighted by atomic mass is 10.0. The van der Waals surface area contributed by atoms with Crippen molar-refractivity contribution < 1.29 is 24.5 Å². The van der Waals surface area contributed by atoms with Crippen molar-refractivity contribution >= 4 is 11.9 Å². The molecule has 6 nitrogen and oxygen atoms in total. The van der Waals surface area contributed by atoms with Crippen molar-refractivity contribution in [2.24, 2.45) is 0 Å². The molecule has 1 amide bonds. The second-order valence-electron chi connectivity index (χ2n) is 17.7. The number of esters is 1. The fraction of sp³-hybridized carbons (Fsp3) is 0.719. The molecule has 0 radical (unpaired) electrons. The molecule has 0 aliphatic carbocycles. The van der Waals surface area contributed by atoms with Crippen molar-refractivity contribution in [1.29, 1.82) is 0 Å². The van der Waals surface area contributed by atoms with Crippen LogP contribution in [0, 0.1) is 0 Å². The summed E-state index contributed by atoms with van der Waals surface area (Å²) in [7, 11) is 0. The highest BCUT2D eigenvalue weighted by molar-refractivity contribution is 5.77. The van der Waals surface area contributed by atoms with Crippen LogP contribution in [0.4, 0.5) is 0 Å². The Morgan fingerprint density at radius 3 is 1.46 bits per heavy atom. The Morgan fingerprint density at radius 1 is 0.476 bits per heavy atom.